The van der Waals surface area contributed by atoms with E-state index in [2.05, 4.69) is 5.32 Å². The van der Waals surface area contributed by atoms with Crippen molar-refractivity contribution in [2.24, 2.45) is 0 Å². The summed E-state index contributed by atoms with van der Waals surface area (Å²) in [5.74, 6) is -0.966. The van der Waals surface area contributed by atoms with Crippen LogP contribution in [-0.2, 0) is 26.2 Å². The molecule has 0 aliphatic heterocycles. The van der Waals surface area contributed by atoms with Crippen LogP contribution in [0.5, 0.6) is 0 Å². The van der Waals surface area contributed by atoms with E-state index in [4.69, 9.17) is 34.8 Å². The number of likely N-dealkylation sites (N-methyl/N-ethyl adjacent to an activating group) is 2. The second kappa shape index (κ2) is 11.3. The number of hydrogen-bond donors (Lipinski definition) is 1. The van der Waals surface area contributed by atoms with Crippen LogP contribution in [0.1, 0.15) is 19.4 Å². The fraction of sp³-hybridized carbons (Fsp3) is 0.333. The molecule has 0 aromatic heterocycles. The molecule has 174 valence electrons. The van der Waals surface area contributed by atoms with Gasteiger partial charge in [-0.15, -0.1) is 0 Å². The molecule has 2 aromatic rings. The van der Waals surface area contributed by atoms with E-state index in [1.165, 1.54) is 36.2 Å². The second-order valence-electron chi connectivity index (χ2n) is 7.01. The lowest BCUT2D eigenvalue weighted by Crippen LogP contribution is -2.50. The summed E-state index contributed by atoms with van der Waals surface area (Å²) in [7, 11) is -2.66. The molecule has 1 atom stereocenters. The van der Waals surface area contributed by atoms with E-state index in [1.807, 2.05) is 0 Å². The van der Waals surface area contributed by atoms with Crippen molar-refractivity contribution in [2.45, 2.75) is 31.3 Å². The predicted molar refractivity (Wildman–Crippen MR) is 126 cm³/mol. The summed E-state index contributed by atoms with van der Waals surface area (Å²) < 4.78 is 26.7. The van der Waals surface area contributed by atoms with E-state index in [-0.39, 0.29) is 17.3 Å². The number of nitrogens with zero attached hydrogens (tertiary/aromatic N) is 2. The molecule has 0 radical (unpaired) electrons. The fourth-order valence-electron chi connectivity index (χ4n) is 2.91. The third-order valence-electron chi connectivity index (χ3n) is 4.79. The molecular formula is C21H24Cl3N3O4S. The van der Waals surface area contributed by atoms with E-state index in [9.17, 15) is 18.0 Å². The molecule has 0 aliphatic carbocycles. The van der Waals surface area contributed by atoms with Gasteiger partial charge in [-0.25, -0.2) is 8.42 Å². The van der Waals surface area contributed by atoms with Crippen molar-refractivity contribution in [3.63, 3.8) is 0 Å². The molecule has 0 fully saturated rings. The number of amides is 2. The first kappa shape index (κ1) is 26.4. The number of nitrogens with one attached hydrogen (secondary N) is 1. The smallest absolute Gasteiger partial charge is 0.243 e. The molecule has 0 heterocycles. The fourth-order valence-corrected chi connectivity index (χ4v) is 4.67. The van der Waals surface area contributed by atoms with E-state index in [0.717, 1.165) is 4.31 Å². The third-order valence-corrected chi connectivity index (χ3v) is 7.57. The zero-order valence-electron chi connectivity index (χ0n) is 17.8. The van der Waals surface area contributed by atoms with Gasteiger partial charge in [0.2, 0.25) is 21.8 Å². The van der Waals surface area contributed by atoms with E-state index < -0.39 is 28.5 Å². The van der Waals surface area contributed by atoms with Gasteiger partial charge in [-0.1, -0.05) is 40.9 Å². The lowest BCUT2D eigenvalue weighted by atomic mass is 10.1. The summed E-state index contributed by atoms with van der Waals surface area (Å²) in [5, 5.41) is 3.72. The van der Waals surface area contributed by atoms with Gasteiger partial charge in [0.1, 0.15) is 6.04 Å². The summed E-state index contributed by atoms with van der Waals surface area (Å²) in [5.41, 5.74) is 0.462. The zero-order valence-corrected chi connectivity index (χ0v) is 20.9. The summed E-state index contributed by atoms with van der Waals surface area (Å²) >= 11 is 18.3. The van der Waals surface area contributed by atoms with Gasteiger partial charge < -0.3 is 10.2 Å². The summed E-state index contributed by atoms with van der Waals surface area (Å²) in [6, 6.07) is 9.65. The lowest BCUT2D eigenvalue weighted by Gasteiger charge is -2.30. The summed E-state index contributed by atoms with van der Waals surface area (Å²) in [6.45, 7) is 3.14. The molecule has 2 rings (SSSR count). The Bertz CT molecular complexity index is 1060. The van der Waals surface area contributed by atoms with Crippen LogP contribution >= 0.6 is 34.8 Å². The first-order chi connectivity index (χ1) is 15.0. The second-order valence-corrected chi connectivity index (χ2v) is 10.3. The molecular weight excluding hydrogens is 497 g/mol. The molecule has 0 bridgehead atoms. The Labute approximate surface area is 203 Å². The predicted octanol–water partition coefficient (Wildman–Crippen LogP) is 3.82. The van der Waals surface area contributed by atoms with Gasteiger partial charge in [-0.3, -0.25) is 9.59 Å². The Morgan fingerprint density at radius 3 is 2.12 bits per heavy atom. The molecule has 0 aliphatic rings. The van der Waals surface area contributed by atoms with Gasteiger partial charge in [-0.05, 0) is 50.2 Å². The standard InChI is InChI=1S/C21H24Cl3N3O4S/c1-4-25-21(29)14(2)27(12-17-18(23)6-5-7-19(17)24)20(28)13-26(3)32(30,31)16-10-8-15(22)9-11-16/h5-11,14H,4,12-13H2,1-3H3,(H,25,29)/t14-/m1/s1. The highest BCUT2D eigenvalue weighted by Crippen LogP contribution is 2.27. The number of sulfonamides is 1. The number of carbonyl (C=O) groups excluding carboxylic acids is 2. The average Bonchev–Trinajstić information content (AvgIpc) is 2.73. The maximum Gasteiger partial charge on any atom is 0.243 e. The van der Waals surface area contributed by atoms with E-state index >= 15 is 0 Å². The highest BCUT2D eigenvalue weighted by Gasteiger charge is 2.30. The molecule has 2 aromatic carbocycles. The first-order valence-corrected chi connectivity index (χ1v) is 12.3. The van der Waals surface area contributed by atoms with Crippen molar-refractivity contribution in [1.82, 2.24) is 14.5 Å². The van der Waals surface area contributed by atoms with Crippen LogP contribution in [0, 0.1) is 0 Å². The van der Waals surface area contributed by atoms with Crippen molar-refractivity contribution >= 4 is 56.6 Å². The molecule has 11 heteroatoms. The minimum atomic E-state index is -3.96. The van der Waals surface area contributed by atoms with Crippen LogP contribution in [0.2, 0.25) is 15.1 Å². The quantitative estimate of drug-likeness (QED) is 0.544. The summed E-state index contributed by atoms with van der Waals surface area (Å²) in [4.78, 5) is 26.9. The summed E-state index contributed by atoms with van der Waals surface area (Å²) in [6.07, 6.45) is 0. The minimum Gasteiger partial charge on any atom is -0.355 e. The van der Waals surface area contributed by atoms with Crippen LogP contribution in [0.3, 0.4) is 0 Å². The Morgan fingerprint density at radius 1 is 1.03 bits per heavy atom. The van der Waals surface area contributed by atoms with Gasteiger partial charge in [0.05, 0.1) is 11.4 Å². The Balaban J connectivity index is 2.32. The SMILES string of the molecule is CCNC(=O)[C@@H](C)N(Cc1c(Cl)cccc1Cl)C(=O)CN(C)S(=O)(=O)c1ccc(Cl)cc1. The van der Waals surface area contributed by atoms with Crippen LogP contribution in [-0.4, -0.2) is 55.6 Å². The highest BCUT2D eigenvalue weighted by atomic mass is 35.5. The molecule has 32 heavy (non-hydrogen) atoms. The van der Waals surface area contributed by atoms with E-state index in [1.54, 1.807) is 32.0 Å². The van der Waals surface area contributed by atoms with Gasteiger partial charge >= 0.3 is 0 Å². The molecule has 0 spiro atoms. The number of hydrogen-bond acceptors (Lipinski definition) is 4. The Hall–Kier alpha value is -1.84. The van der Waals surface area contributed by atoms with Crippen molar-refractivity contribution in [1.29, 1.82) is 0 Å². The van der Waals surface area contributed by atoms with Crippen LogP contribution in [0.25, 0.3) is 0 Å². The Kier molecular flexibility index (Phi) is 9.36. The largest absolute Gasteiger partial charge is 0.355 e. The zero-order chi connectivity index (χ0) is 24.1. The number of carbonyl (C=O) groups is 2. The van der Waals surface area contributed by atoms with Crippen LogP contribution in [0.4, 0.5) is 0 Å². The van der Waals surface area contributed by atoms with E-state index in [0.29, 0.717) is 27.2 Å². The van der Waals surface area contributed by atoms with Crippen LogP contribution in [0.15, 0.2) is 47.4 Å². The first-order valence-electron chi connectivity index (χ1n) is 9.71. The number of halogens is 3. The van der Waals surface area contributed by atoms with Gasteiger partial charge in [0.25, 0.3) is 0 Å². The maximum absolute atomic E-state index is 13.2. The molecule has 7 nitrogen and oxygen atoms in total. The Morgan fingerprint density at radius 2 is 1.59 bits per heavy atom. The van der Waals surface area contributed by atoms with Gasteiger partial charge in [0.15, 0.2) is 0 Å². The lowest BCUT2D eigenvalue weighted by molar-refractivity contribution is -0.140. The molecule has 2 amide bonds. The topological polar surface area (TPSA) is 86.8 Å². The monoisotopic (exact) mass is 519 g/mol. The van der Waals surface area contributed by atoms with Gasteiger partial charge in [0, 0.05) is 40.8 Å². The van der Waals surface area contributed by atoms with Crippen molar-refractivity contribution in [2.75, 3.05) is 20.1 Å². The van der Waals surface area contributed by atoms with Crippen molar-refractivity contribution in [3.8, 4) is 0 Å². The van der Waals surface area contributed by atoms with Crippen LogP contribution < -0.4 is 5.32 Å². The maximum atomic E-state index is 13.2. The third kappa shape index (κ3) is 6.36. The molecule has 0 saturated carbocycles. The number of benzene rings is 2. The van der Waals surface area contributed by atoms with Crippen molar-refractivity contribution in [3.05, 3.63) is 63.1 Å². The molecule has 0 saturated heterocycles. The minimum absolute atomic E-state index is 0.00493. The molecule has 1 N–H and O–H groups in total. The van der Waals surface area contributed by atoms with Gasteiger partial charge in [-0.2, -0.15) is 4.31 Å². The molecule has 0 unspecified atom stereocenters. The average molecular weight is 521 g/mol. The van der Waals surface area contributed by atoms with Crippen molar-refractivity contribution < 1.29 is 18.0 Å². The highest BCUT2D eigenvalue weighted by molar-refractivity contribution is 7.89. The number of rotatable bonds is 9. The normalized spacial score (nSPS) is 12.5.